The minimum atomic E-state index is 0.0820. The highest BCUT2D eigenvalue weighted by molar-refractivity contribution is 5.72. The smallest absolute Gasteiger partial charge is 0.219 e. The number of carbonyl (C=O) groups is 1. The lowest BCUT2D eigenvalue weighted by Gasteiger charge is -2.20. The van der Waals surface area contributed by atoms with Gasteiger partial charge in [-0.3, -0.25) is 4.79 Å². The highest BCUT2D eigenvalue weighted by atomic mass is 16.5. The predicted molar refractivity (Wildman–Crippen MR) is 80.6 cm³/mol. The molecular formula is C16H24N2O2. The summed E-state index contributed by atoms with van der Waals surface area (Å²) in [4.78, 5) is 13.0. The number of nitrogens with zero attached hydrogens (tertiary/aromatic N) is 1. The Kier molecular flexibility index (Phi) is 5.01. The monoisotopic (exact) mass is 276 g/mol. The van der Waals surface area contributed by atoms with Gasteiger partial charge in [-0.15, -0.1) is 0 Å². The van der Waals surface area contributed by atoms with Gasteiger partial charge in [0.1, 0.15) is 0 Å². The molecule has 0 aliphatic heterocycles. The van der Waals surface area contributed by atoms with E-state index >= 15 is 0 Å². The summed E-state index contributed by atoms with van der Waals surface area (Å²) in [6.07, 6.45) is 2.57. The van der Waals surface area contributed by atoms with E-state index in [2.05, 4.69) is 17.4 Å². The number of nitrogens with one attached hydrogen (secondary N) is 1. The molecule has 1 unspecified atom stereocenters. The highest BCUT2D eigenvalue weighted by Gasteiger charge is 2.31. The predicted octanol–water partition coefficient (Wildman–Crippen LogP) is 2.50. The van der Waals surface area contributed by atoms with Gasteiger partial charge in [0.2, 0.25) is 5.91 Å². The van der Waals surface area contributed by atoms with Crippen LogP contribution in [0.5, 0.6) is 0 Å². The van der Waals surface area contributed by atoms with Crippen LogP contribution in [0.1, 0.15) is 25.3 Å². The standard InChI is InChI=1S/C16H24N2O2/c1-12(19)18(2)10-13-5-4-6-15(9-13)17-16(11-20-3)14-7-8-14/h4-6,9,14,16-17H,7-8,10-11H2,1-3H3. The summed E-state index contributed by atoms with van der Waals surface area (Å²) in [5, 5.41) is 3.56. The van der Waals surface area contributed by atoms with E-state index in [0.29, 0.717) is 12.6 Å². The molecule has 1 aromatic rings. The minimum Gasteiger partial charge on any atom is -0.383 e. The molecule has 2 rings (SSSR count). The SMILES string of the molecule is COCC(Nc1cccc(CN(C)C(C)=O)c1)C1CC1. The number of amides is 1. The summed E-state index contributed by atoms with van der Waals surface area (Å²) >= 11 is 0. The molecule has 1 aliphatic rings. The fourth-order valence-electron chi connectivity index (χ4n) is 2.33. The first-order valence-electron chi connectivity index (χ1n) is 7.16. The molecule has 1 aliphatic carbocycles. The third-order valence-corrected chi connectivity index (χ3v) is 3.77. The van der Waals surface area contributed by atoms with Gasteiger partial charge >= 0.3 is 0 Å². The van der Waals surface area contributed by atoms with E-state index in [4.69, 9.17) is 4.74 Å². The number of benzene rings is 1. The van der Waals surface area contributed by atoms with Crippen molar-refractivity contribution >= 4 is 11.6 Å². The van der Waals surface area contributed by atoms with Gasteiger partial charge in [0.25, 0.3) is 0 Å². The van der Waals surface area contributed by atoms with E-state index in [1.165, 1.54) is 12.8 Å². The normalized spacial score (nSPS) is 15.8. The maximum absolute atomic E-state index is 11.3. The molecule has 0 heterocycles. The van der Waals surface area contributed by atoms with Crippen LogP contribution >= 0.6 is 0 Å². The van der Waals surface area contributed by atoms with Gasteiger partial charge < -0.3 is 15.0 Å². The molecule has 20 heavy (non-hydrogen) atoms. The van der Waals surface area contributed by atoms with Crippen LogP contribution in [0.15, 0.2) is 24.3 Å². The van der Waals surface area contributed by atoms with Crippen LogP contribution in [0.4, 0.5) is 5.69 Å². The van der Waals surface area contributed by atoms with Crippen LogP contribution in [0, 0.1) is 5.92 Å². The summed E-state index contributed by atoms with van der Waals surface area (Å²) < 4.78 is 5.29. The van der Waals surface area contributed by atoms with Crippen LogP contribution in [0.25, 0.3) is 0 Å². The Balaban J connectivity index is 1.99. The Bertz CT molecular complexity index is 458. The first-order chi connectivity index (χ1) is 9.60. The molecule has 1 atom stereocenters. The van der Waals surface area contributed by atoms with Crippen molar-refractivity contribution in [2.75, 3.05) is 26.1 Å². The van der Waals surface area contributed by atoms with Gasteiger partial charge in [0.15, 0.2) is 0 Å². The van der Waals surface area contributed by atoms with E-state index in [-0.39, 0.29) is 5.91 Å². The minimum absolute atomic E-state index is 0.0820. The maximum Gasteiger partial charge on any atom is 0.219 e. The number of rotatable bonds is 7. The number of ether oxygens (including phenoxy) is 1. The van der Waals surface area contributed by atoms with Crippen LogP contribution in [0.2, 0.25) is 0 Å². The topological polar surface area (TPSA) is 41.6 Å². The zero-order valence-electron chi connectivity index (χ0n) is 12.6. The maximum atomic E-state index is 11.3. The average molecular weight is 276 g/mol. The summed E-state index contributed by atoms with van der Waals surface area (Å²) in [6.45, 7) is 2.97. The quantitative estimate of drug-likeness (QED) is 0.832. The third-order valence-electron chi connectivity index (χ3n) is 3.77. The second-order valence-corrected chi connectivity index (χ2v) is 5.62. The molecule has 1 aromatic carbocycles. The number of hydrogen-bond donors (Lipinski definition) is 1. The van der Waals surface area contributed by atoms with Crippen LogP contribution in [-0.2, 0) is 16.1 Å². The van der Waals surface area contributed by atoms with Crippen molar-refractivity contribution in [1.82, 2.24) is 4.90 Å². The van der Waals surface area contributed by atoms with E-state index in [1.54, 1.807) is 18.9 Å². The Morgan fingerprint density at radius 1 is 1.50 bits per heavy atom. The first-order valence-corrected chi connectivity index (χ1v) is 7.16. The molecule has 0 bridgehead atoms. The molecule has 1 N–H and O–H groups in total. The lowest BCUT2D eigenvalue weighted by Crippen LogP contribution is -2.27. The van der Waals surface area contributed by atoms with Crippen molar-refractivity contribution in [2.24, 2.45) is 5.92 Å². The van der Waals surface area contributed by atoms with Crippen LogP contribution in [-0.4, -0.2) is 37.6 Å². The second kappa shape index (κ2) is 6.75. The number of carbonyl (C=O) groups excluding carboxylic acids is 1. The lowest BCUT2D eigenvalue weighted by molar-refractivity contribution is -0.128. The van der Waals surface area contributed by atoms with E-state index in [0.717, 1.165) is 23.8 Å². The number of methoxy groups -OCH3 is 1. The van der Waals surface area contributed by atoms with Gasteiger partial charge in [-0.25, -0.2) is 0 Å². The van der Waals surface area contributed by atoms with Gasteiger partial charge in [0, 0.05) is 33.3 Å². The van der Waals surface area contributed by atoms with Gasteiger partial charge in [-0.2, -0.15) is 0 Å². The van der Waals surface area contributed by atoms with E-state index in [1.807, 2.05) is 19.2 Å². The van der Waals surface area contributed by atoms with Gasteiger partial charge in [-0.1, -0.05) is 12.1 Å². The molecule has 0 aromatic heterocycles. The van der Waals surface area contributed by atoms with E-state index in [9.17, 15) is 4.79 Å². The molecule has 4 heteroatoms. The Labute approximate surface area is 121 Å². The zero-order valence-corrected chi connectivity index (χ0v) is 12.6. The Morgan fingerprint density at radius 3 is 2.85 bits per heavy atom. The molecule has 0 spiro atoms. The summed E-state index contributed by atoms with van der Waals surface area (Å²) in [6, 6.07) is 8.66. The molecule has 0 saturated heterocycles. The van der Waals surface area contributed by atoms with Gasteiger partial charge in [-0.05, 0) is 36.5 Å². The van der Waals surface area contributed by atoms with Crippen molar-refractivity contribution in [3.8, 4) is 0 Å². The average Bonchev–Trinajstić information content (AvgIpc) is 3.23. The van der Waals surface area contributed by atoms with Crippen molar-refractivity contribution in [3.05, 3.63) is 29.8 Å². The zero-order chi connectivity index (χ0) is 14.5. The largest absolute Gasteiger partial charge is 0.383 e. The highest BCUT2D eigenvalue weighted by Crippen LogP contribution is 2.34. The van der Waals surface area contributed by atoms with Crippen molar-refractivity contribution < 1.29 is 9.53 Å². The van der Waals surface area contributed by atoms with Crippen molar-refractivity contribution in [2.45, 2.75) is 32.4 Å². The van der Waals surface area contributed by atoms with Crippen molar-refractivity contribution in [1.29, 1.82) is 0 Å². The summed E-state index contributed by atoms with van der Waals surface area (Å²) in [5.74, 6) is 0.817. The lowest BCUT2D eigenvalue weighted by atomic mass is 10.1. The molecule has 1 fully saturated rings. The molecule has 1 saturated carbocycles. The van der Waals surface area contributed by atoms with Crippen LogP contribution < -0.4 is 5.32 Å². The molecule has 1 amide bonds. The third kappa shape index (κ3) is 4.23. The molecular weight excluding hydrogens is 252 g/mol. The number of hydrogen-bond acceptors (Lipinski definition) is 3. The molecule has 4 nitrogen and oxygen atoms in total. The van der Waals surface area contributed by atoms with Crippen molar-refractivity contribution in [3.63, 3.8) is 0 Å². The first kappa shape index (κ1) is 14.9. The fourth-order valence-corrected chi connectivity index (χ4v) is 2.33. The Morgan fingerprint density at radius 2 is 2.25 bits per heavy atom. The summed E-state index contributed by atoms with van der Waals surface area (Å²) in [5.41, 5.74) is 2.24. The van der Waals surface area contributed by atoms with E-state index < -0.39 is 0 Å². The summed E-state index contributed by atoms with van der Waals surface area (Å²) in [7, 11) is 3.57. The second-order valence-electron chi connectivity index (χ2n) is 5.62. The fraction of sp³-hybridized carbons (Fsp3) is 0.562. The Hall–Kier alpha value is -1.55. The molecule has 110 valence electrons. The number of anilines is 1. The van der Waals surface area contributed by atoms with Gasteiger partial charge in [0.05, 0.1) is 12.6 Å². The van der Waals surface area contributed by atoms with Crippen LogP contribution in [0.3, 0.4) is 0 Å². The molecule has 0 radical (unpaired) electrons.